The molecule has 1 atom stereocenters. The van der Waals surface area contributed by atoms with E-state index in [1.54, 1.807) is 0 Å². The lowest BCUT2D eigenvalue weighted by molar-refractivity contribution is 0.215. The summed E-state index contributed by atoms with van der Waals surface area (Å²) in [4.78, 5) is 2.22. The van der Waals surface area contributed by atoms with E-state index in [9.17, 15) is 0 Å². The van der Waals surface area contributed by atoms with Gasteiger partial charge in [-0.1, -0.05) is 29.8 Å². The molecule has 2 N–H and O–H groups in total. The van der Waals surface area contributed by atoms with Crippen LogP contribution in [0.4, 0.5) is 0 Å². The molecular formula is C13H21ClN2. The Kier molecular flexibility index (Phi) is 4.36. The van der Waals surface area contributed by atoms with Crippen molar-refractivity contribution in [3.8, 4) is 0 Å². The van der Waals surface area contributed by atoms with Crippen LogP contribution >= 0.6 is 11.6 Å². The van der Waals surface area contributed by atoms with E-state index in [-0.39, 0.29) is 11.6 Å². The Bertz CT molecular complexity index is 344. The van der Waals surface area contributed by atoms with E-state index in [4.69, 9.17) is 17.3 Å². The Balaban J connectivity index is 2.78. The van der Waals surface area contributed by atoms with Gasteiger partial charge in [0.25, 0.3) is 0 Å². The van der Waals surface area contributed by atoms with Gasteiger partial charge in [0.15, 0.2) is 0 Å². The smallest absolute Gasteiger partial charge is 0.0453 e. The van der Waals surface area contributed by atoms with Crippen molar-refractivity contribution < 1.29 is 0 Å². The highest BCUT2D eigenvalue weighted by Gasteiger charge is 2.20. The van der Waals surface area contributed by atoms with Crippen LogP contribution in [0, 0.1) is 0 Å². The van der Waals surface area contributed by atoms with Crippen molar-refractivity contribution in [1.29, 1.82) is 0 Å². The van der Waals surface area contributed by atoms with Crippen molar-refractivity contribution in [2.24, 2.45) is 5.73 Å². The van der Waals surface area contributed by atoms with E-state index in [0.29, 0.717) is 0 Å². The van der Waals surface area contributed by atoms with Crippen molar-refractivity contribution >= 4 is 11.6 Å². The van der Waals surface area contributed by atoms with Crippen molar-refractivity contribution in [3.05, 3.63) is 34.9 Å². The predicted molar refractivity (Wildman–Crippen MR) is 70.8 cm³/mol. The maximum Gasteiger partial charge on any atom is 0.0453 e. The molecule has 0 spiro atoms. The molecule has 0 bridgehead atoms. The normalized spacial score (nSPS) is 14.2. The van der Waals surface area contributed by atoms with Crippen LogP contribution in [-0.4, -0.2) is 24.0 Å². The van der Waals surface area contributed by atoms with Gasteiger partial charge in [-0.05, 0) is 39.4 Å². The lowest BCUT2D eigenvalue weighted by Crippen LogP contribution is -2.44. The second kappa shape index (κ2) is 5.17. The third-order valence-electron chi connectivity index (χ3n) is 2.67. The van der Waals surface area contributed by atoms with E-state index in [1.807, 2.05) is 32.0 Å². The molecule has 0 amide bonds. The zero-order valence-corrected chi connectivity index (χ0v) is 11.3. The molecule has 0 saturated heterocycles. The summed E-state index contributed by atoms with van der Waals surface area (Å²) < 4.78 is 0. The summed E-state index contributed by atoms with van der Waals surface area (Å²) in [5.74, 6) is 0. The first-order valence-electron chi connectivity index (χ1n) is 5.55. The lowest BCUT2D eigenvalue weighted by atomic mass is 10.0. The van der Waals surface area contributed by atoms with Crippen LogP contribution < -0.4 is 5.73 Å². The highest BCUT2D eigenvalue weighted by molar-refractivity contribution is 6.31. The van der Waals surface area contributed by atoms with Gasteiger partial charge in [-0.25, -0.2) is 0 Å². The fraction of sp³-hybridized carbons (Fsp3) is 0.538. The molecule has 90 valence electrons. The van der Waals surface area contributed by atoms with Crippen LogP contribution in [0.1, 0.15) is 32.4 Å². The Morgan fingerprint density at radius 3 is 2.44 bits per heavy atom. The van der Waals surface area contributed by atoms with E-state index in [2.05, 4.69) is 24.9 Å². The minimum Gasteiger partial charge on any atom is -0.324 e. The Morgan fingerprint density at radius 1 is 1.38 bits per heavy atom. The number of hydrogen-bond donors (Lipinski definition) is 1. The van der Waals surface area contributed by atoms with Gasteiger partial charge in [0.05, 0.1) is 0 Å². The summed E-state index contributed by atoms with van der Waals surface area (Å²) in [5, 5.41) is 0.816. The third kappa shape index (κ3) is 3.78. The van der Waals surface area contributed by atoms with Crippen LogP contribution in [0.25, 0.3) is 0 Å². The van der Waals surface area contributed by atoms with Gasteiger partial charge >= 0.3 is 0 Å². The lowest BCUT2D eigenvalue weighted by Gasteiger charge is -2.31. The maximum atomic E-state index is 6.18. The fourth-order valence-corrected chi connectivity index (χ4v) is 2.12. The molecule has 0 saturated carbocycles. The van der Waals surface area contributed by atoms with Gasteiger partial charge in [-0.3, -0.25) is 4.90 Å². The summed E-state index contributed by atoms with van der Waals surface area (Å²) in [6.45, 7) is 7.04. The first kappa shape index (κ1) is 13.5. The monoisotopic (exact) mass is 240 g/mol. The molecule has 0 aromatic heterocycles. The molecule has 1 unspecified atom stereocenters. The zero-order chi connectivity index (χ0) is 12.3. The average molecular weight is 241 g/mol. The number of benzene rings is 1. The average Bonchev–Trinajstić information content (AvgIpc) is 2.15. The molecule has 1 aromatic carbocycles. The summed E-state index contributed by atoms with van der Waals surface area (Å²) in [5.41, 5.74) is 6.97. The second-order valence-electron chi connectivity index (χ2n) is 5.10. The second-order valence-corrected chi connectivity index (χ2v) is 5.51. The highest BCUT2D eigenvalue weighted by Crippen LogP contribution is 2.26. The van der Waals surface area contributed by atoms with Crippen LogP contribution in [-0.2, 0) is 0 Å². The first-order chi connectivity index (χ1) is 7.31. The van der Waals surface area contributed by atoms with Gasteiger partial charge in [-0.2, -0.15) is 0 Å². The molecule has 0 aliphatic carbocycles. The van der Waals surface area contributed by atoms with Crippen LogP contribution in [0.3, 0.4) is 0 Å². The maximum absolute atomic E-state index is 6.18. The molecule has 0 aliphatic rings. The first-order valence-corrected chi connectivity index (χ1v) is 5.92. The molecule has 1 aromatic rings. The number of rotatable bonds is 4. The van der Waals surface area contributed by atoms with Crippen LogP contribution in [0.15, 0.2) is 24.3 Å². The van der Waals surface area contributed by atoms with Gasteiger partial charge in [-0.15, -0.1) is 0 Å². The zero-order valence-electron chi connectivity index (χ0n) is 10.5. The van der Waals surface area contributed by atoms with Gasteiger partial charge in [0.2, 0.25) is 0 Å². The van der Waals surface area contributed by atoms with Crippen LogP contribution in [0.2, 0.25) is 5.02 Å². The van der Waals surface area contributed by atoms with E-state index >= 15 is 0 Å². The SMILES string of the molecule is CC(c1ccccc1Cl)N(C)CC(C)(C)N. The summed E-state index contributed by atoms with van der Waals surface area (Å²) in [6, 6.07) is 8.23. The predicted octanol–water partition coefficient (Wildman–Crippen LogP) is 3.07. The Hall–Kier alpha value is -0.570. The van der Waals surface area contributed by atoms with Crippen LogP contribution in [0.5, 0.6) is 0 Å². The van der Waals surface area contributed by atoms with E-state index in [0.717, 1.165) is 17.1 Å². The van der Waals surface area contributed by atoms with Gasteiger partial charge in [0, 0.05) is 23.1 Å². The molecule has 2 nitrogen and oxygen atoms in total. The van der Waals surface area contributed by atoms with E-state index < -0.39 is 0 Å². The van der Waals surface area contributed by atoms with Gasteiger partial charge < -0.3 is 5.73 Å². The molecule has 1 rings (SSSR count). The van der Waals surface area contributed by atoms with E-state index in [1.165, 1.54) is 0 Å². The molecular weight excluding hydrogens is 220 g/mol. The molecule has 0 fully saturated rings. The Morgan fingerprint density at radius 2 is 1.94 bits per heavy atom. The number of nitrogens with two attached hydrogens (primary N) is 1. The summed E-state index contributed by atoms with van der Waals surface area (Å²) in [7, 11) is 2.07. The summed E-state index contributed by atoms with van der Waals surface area (Å²) >= 11 is 6.18. The third-order valence-corrected chi connectivity index (χ3v) is 3.02. The molecule has 3 heteroatoms. The minimum atomic E-state index is -0.190. The number of halogens is 1. The molecule has 0 heterocycles. The quantitative estimate of drug-likeness (QED) is 0.877. The summed E-state index contributed by atoms with van der Waals surface area (Å²) in [6.07, 6.45) is 0. The van der Waals surface area contributed by atoms with Gasteiger partial charge in [0.1, 0.15) is 0 Å². The molecule has 16 heavy (non-hydrogen) atoms. The molecule has 0 aliphatic heterocycles. The topological polar surface area (TPSA) is 29.3 Å². The fourth-order valence-electron chi connectivity index (χ4n) is 1.83. The van der Waals surface area contributed by atoms with Crippen molar-refractivity contribution in [3.63, 3.8) is 0 Å². The number of nitrogens with zero attached hydrogens (tertiary/aromatic N) is 1. The Labute approximate surface area is 103 Å². The van der Waals surface area contributed by atoms with Crippen molar-refractivity contribution in [2.45, 2.75) is 32.4 Å². The number of hydrogen-bond acceptors (Lipinski definition) is 2. The number of likely N-dealkylation sites (N-methyl/N-ethyl adjacent to an activating group) is 1. The molecule has 0 radical (unpaired) electrons. The minimum absolute atomic E-state index is 0.190. The largest absolute Gasteiger partial charge is 0.324 e. The highest BCUT2D eigenvalue weighted by atomic mass is 35.5. The van der Waals surface area contributed by atoms with Crippen molar-refractivity contribution in [2.75, 3.05) is 13.6 Å². The standard InChI is InChI=1S/C13H21ClN2/c1-10(16(4)9-13(2,3)15)11-7-5-6-8-12(11)14/h5-8,10H,9,15H2,1-4H3. The van der Waals surface area contributed by atoms with Crippen molar-refractivity contribution in [1.82, 2.24) is 4.90 Å².